The maximum absolute atomic E-state index is 13.7. The largest absolute Gasteiger partial charge is 0.481 e. The van der Waals surface area contributed by atoms with Crippen LogP contribution in [0.3, 0.4) is 0 Å². The second-order valence-electron chi connectivity index (χ2n) is 24.3. The van der Waals surface area contributed by atoms with Crippen LogP contribution in [0, 0.1) is 0 Å². The summed E-state index contributed by atoms with van der Waals surface area (Å²) in [6.07, 6.45) is 22.1. The molecule has 0 fully saturated rings. The third-order valence-electron chi connectivity index (χ3n) is 18.1. The molecule has 4 aliphatic heterocycles. The first kappa shape index (κ1) is 74.8. The number of aliphatic carboxylic acids is 1. The van der Waals surface area contributed by atoms with Crippen molar-refractivity contribution in [3.8, 4) is 0 Å². The fraction of sp³-hybridized carbons (Fsp3) is 0.441. The van der Waals surface area contributed by atoms with E-state index in [2.05, 4.69) is 87.2 Å². The number of allylic oxidation sites excluding steroid dienone is 10. The maximum atomic E-state index is 13.7. The molecule has 2 atom stereocenters. The number of carboxylic acid groups (broad SMARTS) is 1. The first-order valence-electron chi connectivity index (χ1n) is 30.3. The molecule has 20 nitrogen and oxygen atoms in total. The highest BCUT2D eigenvalue weighted by Gasteiger charge is 2.49. The summed E-state index contributed by atoms with van der Waals surface area (Å²) in [5.74, 6) is -0.914. The highest BCUT2D eigenvalue weighted by molar-refractivity contribution is 7.94. The van der Waals surface area contributed by atoms with Crippen LogP contribution in [-0.4, -0.2) is 107 Å². The van der Waals surface area contributed by atoms with Gasteiger partial charge in [0, 0.05) is 105 Å². The number of nitrogens with zero attached hydrogens (tertiary/aromatic N) is 4. The molecule has 4 aliphatic rings. The van der Waals surface area contributed by atoms with Crippen molar-refractivity contribution in [1.29, 1.82) is 0 Å². The number of nitrogens with one attached hydrogen (secondary N) is 1. The fourth-order valence-corrected chi connectivity index (χ4v) is 15.4. The third-order valence-corrected chi connectivity index (χ3v) is 20.9. The number of likely N-dealkylation sites (N-methyl/N-ethyl adjacent to an activating group) is 2. The topological polar surface area (TPSA) is 265 Å². The average Bonchev–Trinajstić information content (AvgIpc) is 1.61. The molecule has 0 saturated heterocycles. The molecule has 0 spiro atoms. The molecule has 0 radical (unpaired) electrons. The van der Waals surface area contributed by atoms with Gasteiger partial charge in [-0.05, 0) is 158 Å². The minimum Gasteiger partial charge on any atom is -0.481 e. The van der Waals surface area contributed by atoms with Crippen molar-refractivity contribution in [2.75, 3.05) is 42.5 Å². The molecule has 0 aliphatic carbocycles. The smallest absolute Gasteiger partial charge is 0.303 e. The van der Waals surface area contributed by atoms with E-state index in [1.54, 1.807) is 18.2 Å². The Morgan fingerprint density at radius 1 is 0.576 bits per heavy atom. The van der Waals surface area contributed by atoms with Crippen LogP contribution in [0.1, 0.15) is 164 Å². The molecule has 0 aromatic heterocycles. The monoisotopic (exact) mass is 1350 g/mol. The van der Waals surface area contributed by atoms with E-state index in [9.17, 15) is 40.6 Å². The first-order chi connectivity index (χ1) is 42.7. The number of fused-ring (bicyclic) bond motifs is 4. The quantitative estimate of drug-likeness (QED) is 0.00520. The Kier molecular flexibility index (Phi) is 25.5. The summed E-state index contributed by atoms with van der Waals surface area (Å²) >= 11 is 1.76. The highest BCUT2D eigenvalue weighted by Crippen LogP contribution is 2.53. The zero-order valence-corrected chi connectivity index (χ0v) is 55.7. The molecular formula is C68H91N5O15S4+2. The van der Waals surface area contributed by atoms with E-state index in [0.717, 1.165) is 116 Å². The normalized spacial score (nSPS) is 19.8. The zero-order valence-electron chi connectivity index (χ0n) is 52.4. The number of carbonyl (C=O) groups is 2. The molecule has 0 saturated carbocycles. The predicted molar refractivity (Wildman–Crippen MR) is 363 cm³/mol. The number of unbranched alkanes of at least 4 members (excludes halogenated alkanes) is 4. The van der Waals surface area contributed by atoms with Gasteiger partial charge in [-0.1, -0.05) is 88.8 Å². The number of hydrogen-bond donors (Lipinski definition) is 6. The van der Waals surface area contributed by atoms with Crippen LogP contribution in [0.5, 0.6) is 0 Å². The first-order valence-corrected chi connectivity index (χ1v) is 34.7. The van der Waals surface area contributed by atoms with Crippen molar-refractivity contribution >= 4 is 90.4 Å². The van der Waals surface area contributed by atoms with Gasteiger partial charge in [-0.25, -0.2) is 10.5 Å². The van der Waals surface area contributed by atoms with Crippen molar-refractivity contribution in [2.45, 2.75) is 183 Å². The summed E-state index contributed by atoms with van der Waals surface area (Å²) in [6, 6.07) is 21.2. The van der Waals surface area contributed by atoms with Crippen LogP contribution in [-0.2, 0) is 70.2 Å². The molecule has 4 aromatic carbocycles. The van der Waals surface area contributed by atoms with E-state index < -0.39 is 47.9 Å². The van der Waals surface area contributed by atoms with Gasteiger partial charge in [0.25, 0.3) is 20.2 Å². The van der Waals surface area contributed by atoms with Crippen molar-refractivity contribution in [1.82, 2.24) is 5.32 Å². The SMILES string of the molecule is C.C.CCN1/C(=C/C=C/C2=[N+](CCNC(=O)CCCCCC3(C)\C(=C/C=C/C=C/C4=[N+](CC)c5ccc(SOOO)cc5C4(C)CCCCCC(=O)O)N(CC)c4ccc(S(=O)(=O)O)cc43)c3ccc(SOOO)cc3C2(C)C)C(C)(C)c2cc(S(=O)(=O)O)ccc21. The summed E-state index contributed by atoms with van der Waals surface area (Å²) in [5, 5.41) is 38.0. The van der Waals surface area contributed by atoms with Gasteiger partial charge in [-0.15, -0.1) is 8.67 Å². The lowest BCUT2D eigenvalue weighted by molar-refractivity contribution is -0.435. The van der Waals surface area contributed by atoms with Crippen molar-refractivity contribution in [3.05, 3.63) is 155 Å². The number of benzene rings is 4. The van der Waals surface area contributed by atoms with Gasteiger partial charge < -0.3 is 20.2 Å². The number of hydrogen-bond acceptors (Lipinski definition) is 16. The second-order valence-corrected chi connectivity index (χ2v) is 28.7. The van der Waals surface area contributed by atoms with Crippen molar-refractivity contribution in [3.63, 3.8) is 0 Å². The number of anilines is 2. The molecule has 500 valence electrons. The molecular weight excluding hydrogens is 1260 g/mol. The number of carboxylic acids is 1. The molecule has 6 N–H and O–H groups in total. The molecule has 24 heteroatoms. The van der Waals surface area contributed by atoms with Gasteiger partial charge >= 0.3 is 5.97 Å². The number of rotatable bonds is 31. The Labute approximate surface area is 551 Å². The number of amides is 1. The van der Waals surface area contributed by atoms with E-state index >= 15 is 0 Å². The standard InChI is InChI=1S/C66H81N5O15S4.2CH4/c1-10-68-53-35-31-47(89(77,78)79)43-50(53)64(6,7)57(68)25-22-26-58-63(4,5)49-41-45(87-85-83-75)29-33-54(49)71(58)40-39-67-61(72)27-18-14-20-38-66(9)52-44-48(90(80,81)82)32-36-56(52)70(12-3)60(66)24-17-13-16-23-59-65(8,37-21-15-19-28-62(73)74)51-42-46(88-86-84-76)30-34-55(51)69(59)11-2;;/h13,16-17,22-26,29-36,41-44H,10-12,14-15,18-21,27-28,37-40H2,1-9H3,(H4-2,67,72,73,74,75,76,77,78,79,80,81,82);2*1H4/p+2. The van der Waals surface area contributed by atoms with Gasteiger partial charge in [-0.3, -0.25) is 18.7 Å². The van der Waals surface area contributed by atoms with Gasteiger partial charge in [0.1, 0.15) is 6.54 Å². The van der Waals surface area contributed by atoms with Crippen molar-refractivity contribution in [2.24, 2.45) is 0 Å². The summed E-state index contributed by atoms with van der Waals surface area (Å²) < 4.78 is 83.6. The van der Waals surface area contributed by atoms with Crippen LogP contribution in [0.4, 0.5) is 22.7 Å². The second kappa shape index (κ2) is 31.3. The molecule has 0 bridgehead atoms. The van der Waals surface area contributed by atoms with Gasteiger partial charge in [0.15, 0.2) is 18.0 Å². The Hall–Kier alpha value is -6.26. The summed E-state index contributed by atoms with van der Waals surface area (Å²) in [4.78, 5) is 30.3. The number of carbonyl (C=O) groups excluding carboxylic acids is 1. The lowest BCUT2D eigenvalue weighted by Gasteiger charge is -2.30. The minimum absolute atomic E-state index is 0. The lowest BCUT2D eigenvalue weighted by atomic mass is 9.75. The Morgan fingerprint density at radius 3 is 1.66 bits per heavy atom. The van der Waals surface area contributed by atoms with Crippen LogP contribution in [0.2, 0.25) is 0 Å². The van der Waals surface area contributed by atoms with E-state index in [4.69, 9.17) is 19.2 Å². The van der Waals surface area contributed by atoms with Gasteiger partial charge in [0.05, 0.1) is 51.3 Å². The lowest BCUT2D eigenvalue weighted by Crippen LogP contribution is -2.32. The van der Waals surface area contributed by atoms with Crippen LogP contribution >= 0.6 is 24.1 Å². The minimum atomic E-state index is -4.52. The maximum Gasteiger partial charge on any atom is 0.303 e. The Balaban J connectivity index is 0.00000672. The molecule has 8 rings (SSSR count). The predicted octanol–water partition coefficient (Wildman–Crippen LogP) is 14.9. The van der Waals surface area contributed by atoms with E-state index in [1.807, 2.05) is 94.5 Å². The molecule has 1 amide bonds. The van der Waals surface area contributed by atoms with Gasteiger partial charge in [0.2, 0.25) is 17.3 Å². The van der Waals surface area contributed by atoms with Gasteiger partial charge in [-0.2, -0.15) is 26.0 Å². The molecule has 4 aromatic rings. The molecule has 4 heterocycles. The van der Waals surface area contributed by atoms with Crippen LogP contribution in [0.25, 0.3) is 0 Å². The summed E-state index contributed by atoms with van der Waals surface area (Å²) in [6.45, 7) is 21.4. The highest BCUT2D eigenvalue weighted by atomic mass is 32.2. The summed E-state index contributed by atoms with van der Waals surface area (Å²) in [7, 11) is -8.94. The van der Waals surface area contributed by atoms with E-state index in [0.29, 0.717) is 69.7 Å². The fourth-order valence-electron chi connectivity index (χ4n) is 13.6. The zero-order chi connectivity index (χ0) is 65.4. The Bertz CT molecular complexity index is 3840. The average molecular weight is 1350 g/mol. The van der Waals surface area contributed by atoms with E-state index in [1.165, 1.54) is 18.2 Å². The summed E-state index contributed by atoms with van der Waals surface area (Å²) in [5.41, 5.74) is 8.98. The van der Waals surface area contributed by atoms with E-state index in [-0.39, 0.29) is 43.4 Å². The molecule has 2 unspecified atom stereocenters. The van der Waals surface area contributed by atoms with Crippen LogP contribution < -0.4 is 15.1 Å². The van der Waals surface area contributed by atoms with Crippen molar-refractivity contribution < 1.29 is 79.0 Å². The molecule has 92 heavy (non-hydrogen) atoms. The third kappa shape index (κ3) is 15.9. The van der Waals surface area contributed by atoms with Crippen LogP contribution in [0.15, 0.2) is 152 Å². The Morgan fingerprint density at radius 2 is 1.10 bits per heavy atom.